The summed E-state index contributed by atoms with van der Waals surface area (Å²) in [4.78, 5) is 24.9. The van der Waals surface area contributed by atoms with Crippen molar-refractivity contribution in [1.82, 2.24) is 29.7 Å². The topological polar surface area (TPSA) is 101 Å². The van der Waals surface area contributed by atoms with E-state index in [1.807, 2.05) is 53.1 Å². The molecule has 5 aromatic rings. The summed E-state index contributed by atoms with van der Waals surface area (Å²) in [7, 11) is 0. The van der Waals surface area contributed by atoms with Gasteiger partial charge in [0.2, 0.25) is 0 Å². The number of anilines is 1. The number of hydrogen-bond donors (Lipinski definition) is 2. The van der Waals surface area contributed by atoms with Crippen LogP contribution in [0.5, 0.6) is 0 Å². The number of carbonyl (C=O) groups excluding carboxylic acids is 1. The van der Waals surface area contributed by atoms with E-state index in [0.717, 1.165) is 22.0 Å². The van der Waals surface area contributed by atoms with Crippen LogP contribution in [0.15, 0.2) is 73.3 Å². The zero-order valence-electron chi connectivity index (χ0n) is 17.6. The molecule has 158 valence electrons. The Morgan fingerprint density at radius 2 is 1.88 bits per heavy atom. The van der Waals surface area contributed by atoms with Crippen LogP contribution in [0.4, 0.5) is 5.82 Å². The molecule has 0 aliphatic carbocycles. The van der Waals surface area contributed by atoms with E-state index < -0.39 is 0 Å². The van der Waals surface area contributed by atoms with Crippen molar-refractivity contribution in [3.8, 4) is 22.6 Å². The van der Waals surface area contributed by atoms with E-state index in [-0.39, 0.29) is 11.9 Å². The highest BCUT2D eigenvalue weighted by molar-refractivity contribution is 6.07. The fourth-order valence-electron chi connectivity index (χ4n) is 3.67. The number of H-pyrrole nitrogens is 1. The number of carbonyl (C=O) groups is 1. The Morgan fingerprint density at radius 3 is 2.69 bits per heavy atom. The predicted molar refractivity (Wildman–Crippen MR) is 123 cm³/mol. The molecule has 1 amide bonds. The van der Waals surface area contributed by atoms with E-state index in [2.05, 4.69) is 44.3 Å². The van der Waals surface area contributed by atoms with Gasteiger partial charge in [-0.25, -0.2) is 4.98 Å². The van der Waals surface area contributed by atoms with E-state index >= 15 is 0 Å². The monoisotopic (exact) mass is 423 g/mol. The molecule has 0 aliphatic heterocycles. The molecule has 0 spiro atoms. The summed E-state index contributed by atoms with van der Waals surface area (Å²) >= 11 is 0. The van der Waals surface area contributed by atoms with Crippen molar-refractivity contribution in [2.45, 2.75) is 19.9 Å². The number of benzene rings is 1. The highest BCUT2D eigenvalue weighted by Gasteiger charge is 2.15. The van der Waals surface area contributed by atoms with Crippen LogP contribution in [0, 0.1) is 0 Å². The lowest BCUT2D eigenvalue weighted by Crippen LogP contribution is -2.13. The van der Waals surface area contributed by atoms with Crippen LogP contribution in [0.3, 0.4) is 0 Å². The summed E-state index contributed by atoms with van der Waals surface area (Å²) in [5.41, 5.74) is 4.04. The normalized spacial score (nSPS) is 11.2. The molecule has 0 radical (unpaired) electrons. The lowest BCUT2D eigenvalue weighted by atomic mass is 10.0. The standard InChI is InChI=1S/C24H21N7O/c1-15(2)31-14-26-30-23(31)19-7-4-8-21(27-19)29-24(32)20-13-17-5-3-6-18(22(17)28-20)16-9-11-25-12-10-16/h3-15,28H,1-2H3,(H,27,29,32). The van der Waals surface area contributed by atoms with Gasteiger partial charge >= 0.3 is 0 Å². The third-order valence-electron chi connectivity index (χ3n) is 5.24. The minimum atomic E-state index is -0.267. The largest absolute Gasteiger partial charge is 0.350 e. The van der Waals surface area contributed by atoms with Crippen LogP contribution >= 0.6 is 0 Å². The Labute approximate surface area is 184 Å². The van der Waals surface area contributed by atoms with Gasteiger partial charge in [-0.05, 0) is 49.7 Å². The molecule has 5 rings (SSSR count). The second-order valence-corrected chi connectivity index (χ2v) is 7.71. The van der Waals surface area contributed by atoms with Crippen LogP contribution in [-0.2, 0) is 0 Å². The van der Waals surface area contributed by atoms with Crippen molar-refractivity contribution < 1.29 is 4.79 Å². The first-order valence-corrected chi connectivity index (χ1v) is 10.3. The minimum Gasteiger partial charge on any atom is -0.350 e. The molecule has 0 bridgehead atoms. The van der Waals surface area contributed by atoms with Crippen LogP contribution in [0.25, 0.3) is 33.5 Å². The van der Waals surface area contributed by atoms with Gasteiger partial charge in [0, 0.05) is 29.4 Å². The van der Waals surface area contributed by atoms with Gasteiger partial charge < -0.3 is 14.9 Å². The van der Waals surface area contributed by atoms with Crippen molar-refractivity contribution in [2.75, 3.05) is 5.32 Å². The summed E-state index contributed by atoms with van der Waals surface area (Å²) in [6.45, 7) is 4.10. The maximum Gasteiger partial charge on any atom is 0.273 e. The number of fused-ring (bicyclic) bond motifs is 1. The summed E-state index contributed by atoms with van der Waals surface area (Å²) in [5, 5.41) is 12.0. The molecule has 0 aliphatic rings. The fourth-order valence-corrected chi connectivity index (χ4v) is 3.67. The number of aromatic amines is 1. The lowest BCUT2D eigenvalue weighted by molar-refractivity contribution is 0.102. The zero-order valence-corrected chi connectivity index (χ0v) is 17.6. The van der Waals surface area contributed by atoms with Crippen molar-refractivity contribution >= 4 is 22.6 Å². The Kier molecular flexibility index (Phi) is 4.95. The lowest BCUT2D eigenvalue weighted by Gasteiger charge is -2.10. The molecule has 0 saturated carbocycles. The van der Waals surface area contributed by atoms with Gasteiger partial charge in [0.25, 0.3) is 5.91 Å². The molecule has 0 unspecified atom stereocenters. The van der Waals surface area contributed by atoms with Gasteiger partial charge in [-0.3, -0.25) is 9.78 Å². The molecule has 32 heavy (non-hydrogen) atoms. The Hall–Kier alpha value is -4.33. The molecule has 2 N–H and O–H groups in total. The first kappa shape index (κ1) is 19.6. The second kappa shape index (κ2) is 8.07. The number of hydrogen-bond acceptors (Lipinski definition) is 5. The van der Waals surface area contributed by atoms with Gasteiger partial charge in [-0.2, -0.15) is 0 Å². The summed E-state index contributed by atoms with van der Waals surface area (Å²) in [5.74, 6) is 0.833. The number of aromatic nitrogens is 6. The van der Waals surface area contributed by atoms with E-state index in [1.54, 1.807) is 24.8 Å². The SMILES string of the molecule is CC(C)n1cnnc1-c1cccc(NC(=O)c2cc3cccc(-c4ccncc4)c3[nH]2)n1. The van der Waals surface area contributed by atoms with E-state index in [1.165, 1.54) is 0 Å². The first-order valence-electron chi connectivity index (χ1n) is 10.3. The third kappa shape index (κ3) is 3.62. The first-order chi connectivity index (χ1) is 15.6. The average Bonchev–Trinajstić information content (AvgIpc) is 3.47. The van der Waals surface area contributed by atoms with Gasteiger partial charge in [-0.1, -0.05) is 24.3 Å². The quantitative estimate of drug-likeness (QED) is 0.426. The Balaban J connectivity index is 1.44. The number of nitrogens with one attached hydrogen (secondary N) is 2. The van der Waals surface area contributed by atoms with Crippen molar-refractivity contribution in [3.05, 3.63) is 79.0 Å². The van der Waals surface area contributed by atoms with Crippen molar-refractivity contribution in [3.63, 3.8) is 0 Å². The van der Waals surface area contributed by atoms with Crippen LogP contribution in [0.1, 0.15) is 30.4 Å². The average molecular weight is 423 g/mol. The molecule has 8 heteroatoms. The molecule has 8 nitrogen and oxygen atoms in total. The van der Waals surface area contributed by atoms with Crippen LogP contribution < -0.4 is 5.32 Å². The number of nitrogens with zero attached hydrogens (tertiary/aromatic N) is 5. The highest BCUT2D eigenvalue weighted by atomic mass is 16.1. The highest BCUT2D eigenvalue weighted by Crippen LogP contribution is 2.28. The molecule has 0 fully saturated rings. The maximum absolute atomic E-state index is 13.0. The number of para-hydroxylation sites is 1. The molecular formula is C24H21N7O. The summed E-state index contributed by atoms with van der Waals surface area (Å²) < 4.78 is 1.94. The van der Waals surface area contributed by atoms with Crippen LogP contribution in [-0.4, -0.2) is 35.6 Å². The third-order valence-corrected chi connectivity index (χ3v) is 5.24. The van der Waals surface area contributed by atoms with Crippen molar-refractivity contribution in [1.29, 1.82) is 0 Å². The zero-order chi connectivity index (χ0) is 22.1. The van der Waals surface area contributed by atoms with Crippen LogP contribution in [0.2, 0.25) is 0 Å². The molecule has 0 atom stereocenters. The van der Waals surface area contributed by atoms with E-state index in [4.69, 9.17) is 0 Å². The van der Waals surface area contributed by atoms with Crippen molar-refractivity contribution in [2.24, 2.45) is 0 Å². The summed E-state index contributed by atoms with van der Waals surface area (Å²) in [6, 6.07) is 17.3. The number of rotatable bonds is 5. The second-order valence-electron chi connectivity index (χ2n) is 7.71. The number of amides is 1. The molecule has 4 aromatic heterocycles. The molecule has 0 saturated heterocycles. The molecule has 1 aromatic carbocycles. The predicted octanol–water partition coefficient (Wildman–Crippen LogP) is 4.72. The maximum atomic E-state index is 13.0. The van der Waals surface area contributed by atoms with E-state index in [0.29, 0.717) is 23.0 Å². The Bertz CT molecular complexity index is 1400. The van der Waals surface area contributed by atoms with Gasteiger partial charge in [0.05, 0.1) is 5.52 Å². The molecule has 4 heterocycles. The summed E-state index contributed by atoms with van der Waals surface area (Å²) in [6.07, 6.45) is 5.19. The Morgan fingerprint density at radius 1 is 1.06 bits per heavy atom. The number of pyridine rings is 2. The smallest absolute Gasteiger partial charge is 0.273 e. The molecular weight excluding hydrogens is 402 g/mol. The fraction of sp³-hybridized carbons (Fsp3) is 0.125. The van der Waals surface area contributed by atoms with Gasteiger partial charge in [0.15, 0.2) is 5.82 Å². The van der Waals surface area contributed by atoms with Gasteiger partial charge in [-0.15, -0.1) is 10.2 Å². The van der Waals surface area contributed by atoms with Gasteiger partial charge in [0.1, 0.15) is 23.5 Å². The minimum absolute atomic E-state index is 0.195. The van der Waals surface area contributed by atoms with E-state index in [9.17, 15) is 4.79 Å².